The molecule has 5 nitrogen and oxygen atoms in total. The van der Waals surface area contributed by atoms with E-state index in [0.717, 1.165) is 33.2 Å². The number of carbonyl (C=O) groups is 1. The Morgan fingerprint density at radius 1 is 0.900 bits per heavy atom. The minimum absolute atomic E-state index is 0.0235. The number of aromatic nitrogens is 1. The normalized spacial score (nSPS) is 10.7. The van der Waals surface area contributed by atoms with Crippen LogP contribution in [0.15, 0.2) is 83.8 Å². The quantitative estimate of drug-likeness (QED) is 0.550. The summed E-state index contributed by atoms with van der Waals surface area (Å²) in [4.78, 5) is 23.2. The Balaban J connectivity index is 1.50. The van der Waals surface area contributed by atoms with Gasteiger partial charge in [0.25, 0.3) is 5.91 Å². The molecule has 5 heteroatoms. The molecule has 1 amide bonds. The second-order valence-corrected chi connectivity index (χ2v) is 7.16. The molecule has 30 heavy (non-hydrogen) atoms. The number of carbonyl (C=O) groups excluding carboxylic acids is 1. The van der Waals surface area contributed by atoms with Crippen LogP contribution in [0.2, 0.25) is 0 Å². The van der Waals surface area contributed by atoms with E-state index >= 15 is 0 Å². The van der Waals surface area contributed by atoms with Crippen molar-refractivity contribution in [2.45, 2.75) is 6.61 Å². The minimum Gasteiger partial charge on any atom is -0.489 e. The highest BCUT2D eigenvalue weighted by Crippen LogP contribution is 2.27. The van der Waals surface area contributed by atoms with Crippen molar-refractivity contribution in [2.24, 2.45) is 7.05 Å². The molecule has 3 aromatic carbocycles. The van der Waals surface area contributed by atoms with Crippen molar-refractivity contribution in [1.29, 1.82) is 0 Å². The first-order valence-corrected chi connectivity index (χ1v) is 9.68. The summed E-state index contributed by atoms with van der Waals surface area (Å²) >= 11 is 0. The first kappa shape index (κ1) is 19.5. The first-order valence-electron chi connectivity index (χ1n) is 9.68. The van der Waals surface area contributed by atoms with Gasteiger partial charge in [-0.05, 0) is 63.9 Å². The van der Waals surface area contributed by atoms with Crippen LogP contribution >= 0.6 is 0 Å². The molecule has 1 N–H and O–H groups in total. The van der Waals surface area contributed by atoms with E-state index in [-0.39, 0.29) is 11.5 Å². The van der Waals surface area contributed by atoms with Gasteiger partial charge in [0.05, 0.1) is 0 Å². The Bertz CT molecular complexity index is 1270. The molecule has 0 unspecified atom stereocenters. The third-order valence-corrected chi connectivity index (χ3v) is 5.08. The molecule has 1 heterocycles. The summed E-state index contributed by atoms with van der Waals surface area (Å²) in [5.74, 6) is 0.682. The zero-order valence-electron chi connectivity index (χ0n) is 16.9. The molecule has 4 aromatic rings. The van der Waals surface area contributed by atoms with Crippen LogP contribution in [0.1, 0.15) is 15.9 Å². The maximum Gasteiger partial charge on any atom is 0.251 e. The van der Waals surface area contributed by atoms with Crippen LogP contribution in [-0.4, -0.2) is 17.5 Å². The number of nitrogens with zero attached hydrogens (tertiary/aromatic N) is 1. The second-order valence-electron chi connectivity index (χ2n) is 7.16. The van der Waals surface area contributed by atoms with Gasteiger partial charge in [0, 0.05) is 31.9 Å². The van der Waals surface area contributed by atoms with E-state index in [1.807, 2.05) is 48.7 Å². The molecule has 1 aromatic heterocycles. The fourth-order valence-corrected chi connectivity index (χ4v) is 3.32. The lowest BCUT2D eigenvalue weighted by molar-refractivity contribution is 0.0963. The van der Waals surface area contributed by atoms with Crippen molar-refractivity contribution >= 4 is 16.7 Å². The predicted molar refractivity (Wildman–Crippen MR) is 119 cm³/mol. The lowest BCUT2D eigenvalue weighted by Gasteiger charge is -2.10. The van der Waals surface area contributed by atoms with Crippen LogP contribution in [0.3, 0.4) is 0 Å². The minimum atomic E-state index is -0.103. The zero-order valence-corrected chi connectivity index (χ0v) is 16.9. The van der Waals surface area contributed by atoms with E-state index in [1.165, 1.54) is 0 Å². The lowest BCUT2D eigenvalue weighted by atomic mass is 10.0. The number of benzene rings is 3. The summed E-state index contributed by atoms with van der Waals surface area (Å²) in [6, 6.07) is 23.0. The molecular weight excluding hydrogens is 376 g/mol. The Kier molecular flexibility index (Phi) is 5.35. The van der Waals surface area contributed by atoms with Crippen LogP contribution in [-0.2, 0) is 13.7 Å². The van der Waals surface area contributed by atoms with E-state index in [4.69, 9.17) is 4.74 Å². The van der Waals surface area contributed by atoms with Gasteiger partial charge in [-0.1, -0.05) is 30.3 Å². The molecule has 0 aliphatic heterocycles. The zero-order chi connectivity index (χ0) is 21.1. The smallest absolute Gasteiger partial charge is 0.251 e. The number of hydrogen-bond donors (Lipinski definition) is 1. The Hall–Kier alpha value is -3.86. The molecular formula is C25H22N2O3. The van der Waals surface area contributed by atoms with Gasteiger partial charge >= 0.3 is 0 Å². The van der Waals surface area contributed by atoms with Crippen molar-refractivity contribution in [3.05, 3.63) is 100 Å². The van der Waals surface area contributed by atoms with Gasteiger partial charge in [-0.3, -0.25) is 9.59 Å². The van der Waals surface area contributed by atoms with Crippen molar-refractivity contribution in [3.63, 3.8) is 0 Å². The maximum absolute atomic E-state index is 11.6. The summed E-state index contributed by atoms with van der Waals surface area (Å²) < 4.78 is 7.51. The van der Waals surface area contributed by atoms with Gasteiger partial charge in [0.2, 0.25) is 5.56 Å². The number of pyridine rings is 1. The molecule has 0 radical (unpaired) electrons. The molecule has 0 atom stereocenters. The monoisotopic (exact) mass is 398 g/mol. The van der Waals surface area contributed by atoms with E-state index in [2.05, 4.69) is 17.4 Å². The molecule has 0 saturated heterocycles. The summed E-state index contributed by atoms with van der Waals surface area (Å²) in [5.41, 5.74) is 3.65. The van der Waals surface area contributed by atoms with Crippen molar-refractivity contribution in [1.82, 2.24) is 9.88 Å². The molecule has 0 saturated carbocycles. The van der Waals surface area contributed by atoms with Crippen LogP contribution in [0.5, 0.6) is 5.75 Å². The molecule has 150 valence electrons. The maximum atomic E-state index is 11.6. The highest BCUT2D eigenvalue weighted by molar-refractivity contribution is 5.94. The second kappa shape index (κ2) is 8.25. The summed E-state index contributed by atoms with van der Waals surface area (Å²) in [7, 11) is 3.37. The molecule has 0 aliphatic carbocycles. The third-order valence-electron chi connectivity index (χ3n) is 5.08. The van der Waals surface area contributed by atoms with E-state index in [9.17, 15) is 9.59 Å². The van der Waals surface area contributed by atoms with Gasteiger partial charge in [0.1, 0.15) is 12.4 Å². The average Bonchev–Trinajstić information content (AvgIpc) is 2.79. The SMILES string of the molecule is CNC(=O)c1ccc(COc2ccc3cc(-c4ccc(=O)n(C)c4)ccc3c2)cc1. The first-order chi connectivity index (χ1) is 14.5. The van der Waals surface area contributed by atoms with E-state index < -0.39 is 0 Å². The average molecular weight is 398 g/mol. The van der Waals surface area contributed by atoms with Crippen LogP contribution in [0, 0.1) is 0 Å². The lowest BCUT2D eigenvalue weighted by Crippen LogP contribution is -2.17. The van der Waals surface area contributed by atoms with Crippen molar-refractivity contribution in [3.8, 4) is 16.9 Å². The molecule has 0 fully saturated rings. The van der Waals surface area contributed by atoms with Gasteiger partial charge in [0.15, 0.2) is 0 Å². The van der Waals surface area contributed by atoms with Crippen LogP contribution in [0.25, 0.3) is 21.9 Å². The molecule has 0 aliphatic rings. The topological polar surface area (TPSA) is 60.3 Å². The predicted octanol–water partition coefficient (Wildman–Crippen LogP) is 4.14. The van der Waals surface area contributed by atoms with Gasteiger partial charge in [-0.2, -0.15) is 0 Å². The van der Waals surface area contributed by atoms with Crippen LogP contribution in [0.4, 0.5) is 0 Å². The summed E-state index contributed by atoms with van der Waals surface area (Å²) in [5, 5.41) is 4.79. The number of amides is 1. The number of fused-ring (bicyclic) bond motifs is 1. The number of rotatable bonds is 5. The number of ether oxygens (including phenoxy) is 1. The number of nitrogens with one attached hydrogen (secondary N) is 1. The van der Waals surface area contributed by atoms with E-state index in [0.29, 0.717) is 12.2 Å². The standard InChI is InChI=1S/C25H22N2O3/c1-26-25(29)18-5-3-17(4-6-18)16-30-23-11-9-19-13-20(7-8-21(19)14-23)22-10-12-24(28)27(2)15-22/h3-15H,16H2,1-2H3,(H,26,29). The fourth-order valence-electron chi connectivity index (χ4n) is 3.32. The highest BCUT2D eigenvalue weighted by atomic mass is 16.5. The molecule has 4 rings (SSSR count). The van der Waals surface area contributed by atoms with Gasteiger partial charge in [-0.15, -0.1) is 0 Å². The summed E-state index contributed by atoms with van der Waals surface area (Å²) in [6.07, 6.45) is 1.84. The van der Waals surface area contributed by atoms with Crippen LogP contribution < -0.4 is 15.6 Å². The number of hydrogen-bond acceptors (Lipinski definition) is 3. The van der Waals surface area contributed by atoms with Crippen molar-refractivity contribution < 1.29 is 9.53 Å². The molecule has 0 spiro atoms. The highest BCUT2D eigenvalue weighted by Gasteiger charge is 2.05. The fraction of sp³-hybridized carbons (Fsp3) is 0.120. The Morgan fingerprint density at radius 3 is 2.33 bits per heavy atom. The Labute approximate surface area is 174 Å². The van der Waals surface area contributed by atoms with Gasteiger partial charge in [-0.25, -0.2) is 0 Å². The van der Waals surface area contributed by atoms with Gasteiger partial charge < -0.3 is 14.6 Å². The van der Waals surface area contributed by atoms with Crippen molar-refractivity contribution in [2.75, 3.05) is 7.05 Å². The number of aryl methyl sites for hydroxylation is 1. The Morgan fingerprint density at radius 2 is 1.60 bits per heavy atom. The summed E-state index contributed by atoms with van der Waals surface area (Å²) in [6.45, 7) is 0.426. The largest absolute Gasteiger partial charge is 0.489 e. The van der Waals surface area contributed by atoms with E-state index in [1.54, 1.807) is 36.9 Å². The molecule has 0 bridgehead atoms. The third kappa shape index (κ3) is 4.10.